The van der Waals surface area contributed by atoms with Gasteiger partial charge in [0, 0.05) is 7.05 Å². The van der Waals surface area contributed by atoms with Crippen molar-refractivity contribution in [2.75, 3.05) is 13.7 Å². The molecule has 2 aromatic rings. The number of carbonyl (C=O) groups excluding carboxylic acids is 1. The molecule has 2 aromatic carbocycles. The van der Waals surface area contributed by atoms with Crippen molar-refractivity contribution in [1.82, 2.24) is 10.2 Å². The number of nitrogens with one attached hydrogen (secondary N) is 1. The van der Waals surface area contributed by atoms with Crippen LogP contribution in [0.15, 0.2) is 48.5 Å². The minimum atomic E-state index is -0.285. The molecule has 0 saturated heterocycles. The van der Waals surface area contributed by atoms with E-state index in [1.165, 1.54) is 12.1 Å². The monoisotopic (exact) mass is 344 g/mol. The van der Waals surface area contributed by atoms with Crippen molar-refractivity contribution in [2.45, 2.75) is 32.9 Å². The van der Waals surface area contributed by atoms with Gasteiger partial charge in [-0.1, -0.05) is 24.3 Å². The van der Waals surface area contributed by atoms with Gasteiger partial charge in [-0.15, -0.1) is 0 Å². The number of amides is 2. The molecule has 0 aliphatic heterocycles. The fraction of sp³-hybridized carbons (Fsp3) is 0.350. The predicted molar refractivity (Wildman–Crippen MR) is 97.1 cm³/mol. The fourth-order valence-corrected chi connectivity index (χ4v) is 2.53. The third-order valence-corrected chi connectivity index (χ3v) is 4.28. The molecule has 0 bridgehead atoms. The van der Waals surface area contributed by atoms with Crippen LogP contribution in [-0.2, 0) is 0 Å². The highest BCUT2D eigenvalue weighted by Gasteiger charge is 2.19. The van der Waals surface area contributed by atoms with E-state index in [1.807, 2.05) is 45.0 Å². The minimum Gasteiger partial charge on any atom is -0.494 e. The molecule has 25 heavy (non-hydrogen) atoms. The van der Waals surface area contributed by atoms with E-state index in [0.717, 1.165) is 16.9 Å². The van der Waals surface area contributed by atoms with E-state index in [0.29, 0.717) is 6.61 Å². The molecule has 0 aliphatic rings. The van der Waals surface area contributed by atoms with E-state index in [1.54, 1.807) is 24.1 Å². The Morgan fingerprint density at radius 3 is 2.20 bits per heavy atom. The van der Waals surface area contributed by atoms with Gasteiger partial charge in [-0.25, -0.2) is 9.18 Å². The van der Waals surface area contributed by atoms with Crippen molar-refractivity contribution < 1.29 is 13.9 Å². The van der Waals surface area contributed by atoms with E-state index in [-0.39, 0.29) is 23.9 Å². The maximum atomic E-state index is 13.0. The average molecular weight is 344 g/mol. The summed E-state index contributed by atoms with van der Waals surface area (Å²) in [6, 6.07) is 13.4. The third-order valence-electron chi connectivity index (χ3n) is 4.28. The molecule has 0 heterocycles. The van der Waals surface area contributed by atoms with Gasteiger partial charge in [0.05, 0.1) is 18.7 Å². The number of ether oxygens (including phenoxy) is 1. The number of urea groups is 1. The van der Waals surface area contributed by atoms with Crippen LogP contribution >= 0.6 is 0 Å². The summed E-state index contributed by atoms with van der Waals surface area (Å²) in [5.41, 5.74) is 1.88. The van der Waals surface area contributed by atoms with Gasteiger partial charge in [0.1, 0.15) is 11.6 Å². The van der Waals surface area contributed by atoms with Gasteiger partial charge in [-0.2, -0.15) is 0 Å². The quantitative estimate of drug-likeness (QED) is 0.826. The van der Waals surface area contributed by atoms with Crippen molar-refractivity contribution >= 4 is 6.03 Å². The summed E-state index contributed by atoms with van der Waals surface area (Å²) in [5.74, 6) is 0.527. The molecule has 0 radical (unpaired) electrons. The molecule has 2 atom stereocenters. The van der Waals surface area contributed by atoms with E-state index < -0.39 is 0 Å². The summed E-state index contributed by atoms with van der Waals surface area (Å²) in [7, 11) is 1.73. The zero-order chi connectivity index (χ0) is 18.4. The Balaban J connectivity index is 1.98. The molecule has 2 amide bonds. The number of hydrogen-bond acceptors (Lipinski definition) is 2. The van der Waals surface area contributed by atoms with Crippen LogP contribution in [0, 0.1) is 5.82 Å². The highest BCUT2D eigenvalue weighted by atomic mass is 19.1. The Morgan fingerprint density at radius 1 is 1.08 bits per heavy atom. The molecule has 134 valence electrons. The van der Waals surface area contributed by atoms with Crippen LogP contribution in [0.2, 0.25) is 0 Å². The highest BCUT2D eigenvalue weighted by Crippen LogP contribution is 2.21. The van der Waals surface area contributed by atoms with Crippen molar-refractivity contribution in [3.05, 3.63) is 65.5 Å². The summed E-state index contributed by atoms with van der Waals surface area (Å²) >= 11 is 0. The second-order valence-corrected chi connectivity index (χ2v) is 6.01. The lowest BCUT2D eigenvalue weighted by Crippen LogP contribution is -2.39. The first-order valence-electron chi connectivity index (χ1n) is 8.44. The second-order valence-electron chi connectivity index (χ2n) is 6.01. The molecule has 0 fully saturated rings. The Labute approximate surface area is 148 Å². The Morgan fingerprint density at radius 2 is 1.64 bits per heavy atom. The topological polar surface area (TPSA) is 41.6 Å². The largest absolute Gasteiger partial charge is 0.494 e. The zero-order valence-corrected chi connectivity index (χ0v) is 15.1. The first-order chi connectivity index (χ1) is 11.9. The van der Waals surface area contributed by atoms with Crippen molar-refractivity contribution in [3.8, 4) is 5.75 Å². The van der Waals surface area contributed by atoms with Gasteiger partial charge in [-0.05, 0) is 56.2 Å². The molecule has 2 rings (SSSR count). The number of nitrogens with zero attached hydrogens (tertiary/aromatic N) is 1. The van der Waals surface area contributed by atoms with Gasteiger partial charge >= 0.3 is 6.03 Å². The zero-order valence-electron chi connectivity index (χ0n) is 15.1. The Bertz CT molecular complexity index is 686. The standard InChI is InChI=1S/C20H25FN2O2/c1-5-25-19-12-8-16(9-13-19)14(2)22-20(24)23(4)15(3)17-6-10-18(21)11-7-17/h6-15H,5H2,1-4H3,(H,22,24)/t14-,15-/m0/s1. The summed E-state index contributed by atoms with van der Waals surface area (Å²) in [6.07, 6.45) is 0. The number of carbonyl (C=O) groups is 1. The Hall–Kier alpha value is -2.56. The van der Waals surface area contributed by atoms with Crippen LogP contribution in [0.25, 0.3) is 0 Å². The van der Waals surface area contributed by atoms with Crippen LogP contribution in [0.5, 0.6) is 5.75 Å². The van der Waals surface area contributed by atoms with Gasteiger partial charge in [0.25, 0.3) is 0 Å². The maximum absolute atomic E-state index is 13.0. The smallest absolute Gasteiger partial charge is 0.318 e. The summed E-state index contributed by atoms with van der Waals surface area (Å²) in [6.45, 7) is 6.41. The molecule has 5 heteroatoms. The molecule has 1 N–H and O–H groups in total. The van der Waals surface area contributed by atoms with Gasteiger partial charge < -0.3 is 15.0 Å². The summed E-state index contributed by atoms with van der Waals surface area (Å²) < 4.78 is 18.5. The normalized spacial score (nSPS) is 13.0. The maximum Gasteiger partial charge on any atom is 0.318 e. The molecular weight excluding hydrogens is 319 g/mol. The predicted octanol–water partition coefficient (Wildman–Crippen LogP) is 4.69. The van der Waals surface area contributed by atoms with Crippen molar-refractivity contribution in [3.63, 3.8) is 0 Å². The summed E-state index contributed by atoms with van der Waals surface area (Å²) in [5, 5.41) is 2.98. The number of benzene rings is 2. The van der Waals surface area contributed by atoms with Crippen LogP contribution in [0.4, 0.5) is 9.18 Å². The minimum absolute atomic E-state index is 0.133. The summed E-state index contributed by atoms with van der Waals surface area (Å²) in [4.78, 5) is 14.1. The molecule has 4 nitrogen and oxygen atoms in total. The van der Waals surface area contributed by atoms with Gasteiger partial charge in [-0.3, -0.25) is 0 Å². The molecule has 0 unspecified atom stereocenters. The van der Waals surface area contributed by atoms with Crippen molar-refractivity contribution in [2.24, 2.45) is 0 Å². The lowest BCUT2D eigenvalue weighted by Gasteiger charge is -2.27. The highest BCUT2D eigenvalue weighted by molar-refractivity contribution is 5.75. The first-order valence-corrected chi connectivity index (χ1v) is 8.44. The molecule has 0 aromatic heterocycles. The van der Waals surface area contributed by atoms with E-state index in [4.69, 9.17) is 4.74 Å². The lowest BCUT2D eigenvalue weighted by molar-refractivity contribution is 0.191. The van der Waals surface area contributed by atoms with E-state index in [2.05, 4.69) is 5.32 Å². The van der Waals surface area contributed by atoms with Gasteiger partial charge in [0.15, 0.2) is 0 Å². The SMILES string of the molecule is CCOc1ccc([C@H](C)NC(=O)N(C)[C@@H](C)c2ccc(F)cc2)cc1. The molecule has 0 saturated carbocycles. The van der Waals surface area contributed by atoms with Crippen LogP contribution in [0.3, 0.4) is 0 Å². The van der Waals surface area contributed by atoms with Gasteiger partial charge in [0.2, 0.25) is 0 Å². The van der Waals surface area contributed by atoms with Crippen LogP contribution in [0.1, 0.15) is 44.0 Å². The second kappa shape index (κ2) is 8.51. The fourth-order valence-electron chi connectivity index (χ4n) is 2.53. The lowest BCUT2D eigenvalue weighted by atomic mass is 10.1. The number of halogens is 1. The first kappa shape index (κ1) is 18.8. The number of rotatable bonds is 6. The van der Waals surface area contributed by atoms with Crippen LogP contribution in [-0.4, -0.2) is 24.6 Å². The van der Waals surface area contributed by atoms with E-state index >= 15 is 0 Å². The molecule has 0 aliphatic carbocycles. The third kappa shape index (κ3) is 4.95. The molecular formula is C20H25FN2O2. The van der Waals surface area contributed by atoms with E-state index in [9.17, 15) is 9.18 Å². The molecule has 0 spiro atoms. The van der Waals surface area contributed by atoms with Crippen molar-refractivity contribution in [1.29, 1.82) is 0 Å². The number of hydrogen-bond donors (Lipinski definition) is 1. The Kier molecular flexibility index (Phi) is 6.39. The average Bonchev–Trinajstić information content (AvgIpc) is 2.62. The van der Waals surface area contributed by atoms with Crippen LogP contribution < -0.4 is 10.1 Å².